The number of nitriles is 1. The minimum absolute atomic E-state index is 0.0475. The van der Waals surface area contributed by atoms with E-state index in [1.165, 1.54) is 4.90 Å². The van der Waals surface area contributed by atoms with Crippen LogP contribution in [0, 0.1) is 11.3 Å². The molecule has 4 rings (SSSR count). The van der Waals surface area contributed by atoms with E-state index in [-0.39, 0.29) is 24.3 Å². The van der Waals surface area contributed by atoms with E-state index in [9.17, 15) is 9.59 Å². The molecule has 0 aliphatic heterocycles. The summed E-state index contributed by atoms with van der Waals surface area (Å²) in [4.78, 5) is 31.3. The molecular weight excluding hydrogens is 490 g/mol. The van der Waals surface area contributed by atoms with Gasteiger partial charge in [-0.15, -0.1) is 0 Å². The van der Waals surface area contributed by atoms with E-state index in [1.807, 2.05) is 48.5 Å². The number of nitrogens with zero attached hydrogens (tertiary/aromatic N) is 5. The van der Waals surface area contributed by atoms with Gasteiger partial charge in [-0.1, -0.05) is 49.4 Å². The van der Waals surface area contributed by atoms with E-state index >= 15 is 0 Å². The molecular formula is C30H31N7O2. The summed E-state index contributed by atoms with van der Waals surface area (Å²) >= 11 is 0. The zero-order chi connectivity index (χ0) is 27.8. The van der Waals surface area contributed by atoms with Gasteiger partial charge in [-0.2, -0.15) is 10.4 Å². The summed E-state index contributed by atoms with van der Waals surface area (Å²) in [5.41, 5.74) is 4.20. The van der Waals surface area contributed by atoms with Crippen LogP contribution in [0.5, 0.6) is 0 Å². The van der Waals surface area contributed by atoms with Crippen molar-refractivity contribution in [3.05, 3.63) is 102 Å². The van der Waals surface area contributed by atoms with Gasteiger partial charge in [0.2, 0.25) is 11.8 Å². The zero-order valence-corrected chi connectivity index (χ0v) is 22.2. The second-order valence-electron chi connectivity index (χ2n) is 9.52. The molecule has 0 radical (unpaired) electrons. The SMILES string of the molecule is C[C@H](CN[C@@H](C(=O)Nc1ccc(-c2cnn(CC(=O)N(C)C)c2)cn1)c1ccccc1)c1ccc(C#N)cc1. The molecule has 2 aromatic heterocycles. The van der Waals surface area contributed by atoms with E-state index < -0.39 is 6.04 Å². The molecule has 2 N–H and O–H groups in total. The molecule has 0 saturated carbocycles. The van der Waals surface area contributed by atoms with Gasteiger partial charge in [0, 0.05) is 44.2 Å². The number of aromatic nitrogens is 3. The lowest BCUT2D eigenvalue weighted by molar-refractivity contribution is -0.129. The van der Waals surface area contributed by atoms with E-state index in [0.29, 0.717) is 17.9 Å². The Kier molecular flexibility index (Phi) is 8.82. The number of hydrogen-bond acceptors (Lipinski definition) is 6. The lowest BCUT2D eigenvalue weighted by Gasteiger charge is -2.21. The summed E-state index contributed by atoms with van der Waals surface area (Å²) in [5.74, 6) is 0.294. The van der Waals surface area contributed by atoms with Crippen molar-refractivity contribution in [2.75, 3.05) is 26.0 Å². The van der Waals surface area contributed by atoms with Crippen LogP contribution in [-0.4, -0.2) is 52.1 Å². The standard InChI is InChI=1S/C30H31N7O2/c1-21(23-11-9-22(15-31)10-12-23)16-33-29(24-7-5-4-6-8-24)30(39)35-27-14-13-25(17-32-27)26-18-34-37(19-26)20-28(38)36(2)3/h4-14,17-19,21,29,33H,16,20H2,1-3H3,(H,32,35,39)/t21-,29-/m1/s1. The second-order valence-corrected chi connectivity index (χ2v) is 9.52. The minimum Gasteiger partial charge on any atom is -0.347 e. The van der Waals surface area contributed by atoms with Crippen molar-refractivity contribution in [2.45, 2.75) is 25.4 Å². The van der Waals surface area contributed by atoms with Crippen LogP contribution in [0.1, 0.15) is 35.6 Å². The fraction of sp³-hybridized carbons (Fsp3) is 0.233. The van der Waals surface area contributed by atoms with Crippen molar-refractivity contribution < 1.29 is 9.59 Å². The molecule has 2 amide bonds. The average Bonchev–Trinajstić information content (AvgIpc) is 3.42. The largest absolute Gasteiger partial charge is 0.347 e. The fourth-order valence-corrected chi connectivity index (χ4v) is 4.02. The van der Waals surface area contributed by atoms with E-state index in [2.05, 4.69) is 33.7 Å². The Hall–Kier alpha value is -4.81. The van der Waals surface area contributed by atoms with Crippen LogP contribution in [0.4, 0.5) is 5.82 Å². The fourth-order valence-electron chi connectivity index (χ4n) is 4.02. The lowest BCUT2D eigenvalue weighted by atomic mass is 9.98. The molecule has 9 nitrogen and oxygen atoms in total. The highest BCUT2D eigenvalue weighted by Gasteiger charge is 2.22. The maximum Gasteiger partial charge on any atom is 0.247 e. The highest BCUT2D eigenvalue weighted by Crippen LogP contribution is 2.22. The Morgan fingerprint density at radius 1 is 0.974 bits per heavy atom. The number of hydrogen-bond donors (Lipinski definition) is 2. The third-order valence-electron chi connectivity index (χ3n) is 6.41. The Labute approximate surface area is 228 Å². The maximum atomic E-state index is 13.4. The topological polar surface area (TPSA) is 116 Å². The van der Waals surface area contributed by atoms with Crippen LogP contribution in [0.2, 0.25) is 0 Å². The number of carbonyl (C=O) groups is 2. The molecule has 2 heterocycles. The Morgan fingerprint density at radius 3 is 2.36 bits per heavy atom. The van der Waals surface area contributed by atoms with Crippen molar-refractivity contribution in [1.29, 1.82) is 5.26 Å². The van der Waals surface area contributed by atoms with Crippen molar-refractivity contribution in [3.8, 4) is 17.2 Å². The molecule has 4 aromatic rings. The number of pyridine rings is 1. The number of nitrogens with one attached hydrogen (secondary N) is 2. The highest BCUT2D eigenvalue weighted by molar-refractivity contribution is 5.95. The second kappa shape index (κ2) is 12.6. The van der Waals surface area contributed by atoms with Crippen LogP contribution in [0.3, 0.4) is 0 Å². The normalized spacial score (nSPS) is 12.3. The summed E-state index contributed by atoms with van der Waals surface area (Å²) in [5, 5.41) is 19.6. The van der Waals surface area contributed by atoms with Gasteiger partial charge in [0.25, 0.3) is 0 Å². The van der Waals surface area contributed by atoms with Gasteiger partial charge in [-0.05, 0) is 41.3 Å². The molecule has 9 heteroatoms. The van der Waals surface area contributed by atoms with Crippen LogP contribution >= 0.6 is 0 Å². The number of amides is 2. The Balaban J connectivity index is 1.42. The first-order valence-electron chi connectivity index (χ1n) is 12.6. The molecule has 39 heavy (non-hydrogen) atoms. The average molecular weight is 522 g/mol. The molecule has 0 bridgehead atoms. The van der Waals surface area contributed by atoms with Gasteiger partial charge in [0.05, 0.1) is 17.8 Å². The predicted octanol–water partition coefficient (Wildman–Crippen LogP) is 3.98. The monoisotopic (exact) mass is 521 g/mol. The Morgan fingerprint density at radius 2 is 1.72 bits per heavy atom. The molecule has 0 spiro atoms. The smallest absolute Gasteiger partial charge is 0.247 e. The summed E-state index contributed by atoms with van der Waals surface area (Å²) in [7, 11) is 3.41. The van der Waals surface area contributed by atoms with E-state index in [0.717, 1.165) is 22.3 Å². The molecule has 2 aromatic carbocycles. The highest BCUT2D eigenvalue weighted by atomic mass is 16.2. The maximum absolute atomic E-state index is 13.4. The number of benzene rings is 2. The zero-order valence-electron chi connectivity index (χ0n) is 22.2. The third-order valence-corrected chi connectivity index (χ3v) is 6.41. The molecule has 198 valence electrons. The summed E-state index contributed by atoms with van der Waals surface area (Å²) in [6.07, 6.45) is 5.15. The minimum atomic E-state index is -0.582. The van der Waals surface area contributed by atoms with Gasteiger partial charge in [-0.25, -0.2) is 4.98 Å². The van der Waals surface area contributed by atoms with Crippen molar-refractivity contribution in [1.82, 2.24) is 25.0 Å². The third kappa shape index (κ3) is 7.15. The number of carbonyl (C=O) groups excluding carboxylic acids is 2. The van der Waals surface area contributed by atoms with Gasteiger partial charge >= 0.3 is 0 Å². The molecule has 0 aliphatic carbocycles. The Bertz CT molecular complexity index is 1440. The summed E-state index contributed by atoms with van der Waals surface area (Å²) in [6.45, 7) is 2.80. The number of likely N-dealkylation sites (N-methyl/N-ethyl adjacent to an activating group) is 1. The van der Waals surface area contributed by atoms with Crippen LogP contribution in [-0.2, 0) is 16.1 Å². The molecule has 2 atom stereocenters. The summed E-state index contributed by atoms with van der Waals surface area (Å²) < 4.78 is 1.59. The first kappa shape index (κ1) is 27.2. The van der Waals surface area contributed by atoms with Crippen molar-refractivity contribution in [3.63, 3.8) is 0 Å². The first-order valence-corrected chi connectivity index (χ1v) is 12.6. The first-order chi connectivity index (χ1) is 18.8. The molecule has 0 unspecified atom stereocenters. The number of rotatable bonds is 10. The van der Waals surface area contributed by atoms with Gasteiger partial charge in [0.15, 0.2) is 0 Å². The molecule has 0 saturated heterocycles. The number of anilines is 1. The molecule has 0 fully saturated rings. The van der Waals surface area contributed by atoms with Crippen LogP contribution < -0.4 is 10.6 Å². The van der Waals surface area contributed by atoms with Crippen LogP contribution in [0.25, 0.3) is 11.1 Å². The van der Waals surface area contributed by atoms with Crippen molar-refractivity contribution in [2.24, 2.45) is 0 Å². The van der Waals surface area contributed by atoms with E-state index in [4.69, 9.17) is 5.26 Å². The van der Waals surface area contributed by atoms with Crippen LogP contribution in [0.15, 0.2) is 85.3 Å². The van der Waals surface area contributed by atoms with Crippen molar-refractivity contribution >= 4 is 17.6 Å². The van der Waals surface area contributed by atoms with Gasteiger partial charge in [0.1, 0.15) is 18.4 Å². The van der Waals surface area contributed by atoms with E-state index in [1.54, 1.807) is 55.6 Å². The van der Waals surface area contributed by atoms with Gasteiger partial charge < -0.3 is 15.5 Å². The summed E-state index contributed by atoms with van der Waals surface area (Å²) in [6, 6.07) is 22.2. The lowest BCUT2D eigenvalue weighted by Crippen LogP contribution is -2.35. The quantitative estimate of drug-likeness (QED) is 0.326. The predicted molar refractivity (Wildman–Crippen MR) is 150 cm³/mol. The van der Waals surface area contributed by atoms with Gasteiger partial charge in [-0.3, -0.25) is 14.3 Å². The molecule has 0 aliphatic rings.